The number of ether oxygens (including phenoxy) is 1. The quantitative estimate of drug-likeness (QED) is 0.874. The molecule has 1 unspecified atom stereocenters. The van der Waals surface area contributed by atoms with E-state index in [2.05, 4.69) is 5.32 Å². The van der Waals surface area contributed by atoms with Crippen molar-refractivity contribution >= 4 is 0 Å². The zero-order valence-electron chi connectivity index (χ0n) is 12.1. The van der Waals surface area contributed by atoms with E-state index in [-0.39, 0.29) is 17.6 Å². The molecule has 2 aromatic rings. The minimum Gasteiger partial charge on any atom is -0.494 e. The standard InChI is InChI=1S/C16H20FNO2/c1-4-11-9-10-14(20-11)16(18-5-2)12-7-6-8-13(19-3)15(12)17/h6-10,16,18H,4-5H2,1-3H3. The molecule has 0 aliphatic rings. The van der Waals surface area contributed by atoms with E-state index in [1.54, 1.807) is 18.2 Å². The van der Waals surface area contributed by atoms with E-state index in [1.807, 2.05) is 26.0 Å². The topological polar surface area (TPSA) is 34.4 Å². The maximum absolute atomic E-state index is 14.4. The number of hydrogen-bond donors (Lipinski definition) is 1. The zero-order chi connectivity index (χ0) is 14.5. The first-order valence-electron chi connectivity index (χ1n) is 6.85. The van der Waals surface area contributed by atoms with Gasteiger partial charge in [0.05, 0.1) is 13.2 Å². The molecular formula is C16H20FNO2. The summed E-state index contributed by atoms with van der Waals surface area (Å²) in [6.07, 6.45) is 0.819. The van der Waals surface area contributed by atoms with Gasteiger partial charge in [0, 0.05) is 12.0 Å². The average Bonchev–Trinajstić information content (AvgIpc) is 2.94. The lowest BCUT2D eigenvalue weighted by Gasteiger charge is -2.18. The van der Waals surface area contributed by atoms with Crippen LogP contribution < -0.4 is 10.1 Å². The summed E-state index contributed by atoms with van der Waals surface area (Å²) in [5, 5.41) is 3.26. The van der Waals surface area contributed by atoms with E-state index < -0.39 is 0 Å². The van der Waals surface area contributed by atoms with E-state index >= 15 is 0 Å². The molecule has 20 heavy (non-hydrogen) atoms. The normalized spacial score (nSPS) is 12.4. The fraction of sp³-hybridized carbons (Fsp3) is 0.375. The molecule has 1 N–H and O–H groups in total. The Kier molecular flexibility index (Phi) is 4.79. The van der Waals surface area contributed by atoms with Crippen LogP contribution in [-0.2, 0) is 6.42 Å². The zero-order valence-corrected chi connectivity index (χ0v) is 12.1. The Hall–Kier alpha value is -1.81. The van der Waals surface area contributed by atoms with Gasteiger partial charge in [-0.3, -0.25) is 0 Å². The van der Waals surface area contributed by atoms with E-state index in [1.165, 1.54) is 7.11 Å². The van der Waals surface area contributed by atoms with Crippen molar-refractivity contribution in [2.45, 2.75) is 26.3 Å². The van der Waals surface area contributed by atoms with Crippen LogP contribution in [0.3, 0.4) is 0 Å². The van der Waals surface area contributed by atoms with Crippen LogP contribution in [0.2, 0.25) is 0 Å². The molecule has 0 saturated carbocycles. The Labute approximate surface area is 118 Å². The van der Waals surface area contributed by atoms with Crippen LogP contribution in [0.25, 0.3) is 0 Å². The molecule has 1 aromatic heterocycles. The molecule has 3 nitrogen and oxygen atoms in total. The van der Waals surface area contributed by atoms with Crippen LogP contribution >= 0.6 is 0 Å². The first kappa shape index (κ1) is 14.6. The maximum atomic E-state index is 14.4. The third kappa shape index (κ3) is 2.85. The summed E-state index contributed by atoms with van der Waals surface area (Å²) in [5.41, 5.74) is 0.531. The number of aryl methyl sites for hydroxylation is 1. The molecule has 0 fully saturated rings. The summed E-state index contributed by atoms with van der Waals surface area (Å²) in [6, 6.07) is 8.66. The van der Waals surface area contributed by atoms with Gasteiger partial charge in [-0.2, -0.15) is 0 Å². The number of rotatable bonds is 6. The van der Waals surface area contributed by atoms with Crippen molar-refractivity contribution in [1.82, 2.24) is 5.32 Å². The van der Waals surface area contributed by atoms with Gasteiger partial charge >= 0.3 is 0 Å². The minimum atomic E-state index is -0.351. The second-order valence-electron chi connectivity index (χ2n) is 4.51. The van der Waals surface area contributed by atoms with Gasteiger partial charge in [0.15, 0.2) is 11.6 Å². The molecule has 1 atom stereocenters. The van der Waals surface area contributed by atoms with Crippen molar-refractivity contribution < 1.29 is 13.5 Å². The molecule has 2 rings (SSSR count). The van der Waals surface area contributed by atoms with Gasteiger partial charge in [0.1, 0.15) is 11.5 Å². The summed E-state index contributed by atoms with van der Waals surface area (Å²) in [7, 11) is 1.46. The molecule has 4 heteroatoms. The van der Waals surface area contributed by atoms with Crippen molar-refractivity contribution in [2.75, 3.05) is 13.7 Å². The third-order valence-corrected chi connectivity index (χ3v) is 3.25. The summed E-state index contributed by atoms with van der Waals surface area (Å²) in [6.45, 7) is 4.72. The van der Waals surface area contributed by atoms with Gasteiger partial charge in [-0.15, -0.1) is 0 Å². The molecule has 0 aliphatic carbocycles. The van der Waals surface area contributed by atoms with Crippen molar-refractivity contribution in [3.63, 3.8) is 0 Å². The van der Waals surface area contributed by atoms with Gasteiger partial charge in [0.2, 0.25) is 0 Å². The number of halogens is 1. The van der Waals surface area contributed by atoms with Gasteiger partial charge in [0.25, 0.3) is 0 Å². The average molecular weight is 277 g/mol. The molecular weight excluding hydrogens is 257 g/mol. The molecule has 108 valence electrons. The number of hydrogen-bond acceptors (Lipinski definition) is 3. The monoisotopic (exact) mass is 277 g/mol. The number of furan rings is 1. The summed E-state index contributed by atoms with van der Waals surface area (Å²) in [4.78, 5) is 0. The van der Waals surface area contributed by atoms with E-state index in [9.17, 15) is 4.39 Å². The molecule has 0 spiro atoms. The highest BCUT2D eigenvalue weighted by molar-refractivity contribution is 5.36. The van der Waals surface area contributed by atoms with Crippen LogP contribution in [0.15, 0.2) is 34.7 Å². The lowest BCUT2D eigenvalue weighted by molar-refractivity contribution is 0.375. The van der Waals surface area contributed by atoms with Crippen LogP contribution in [0, 0.1) is 5.82 Å². The Morgan fingerprint density at radius 2 is 2.05 bits per heavy atom. The van der Waals surface area contributed by atoms with E-state index in [4.69, 9.17) is 9.15 Å². The lowest BCUT2D eigenvalue weighted by atomic mass is 10.0. The lowest BCUT2D eigenvalue weighted by Crippen LogP contribution is -2.22. The van der Waals surface area contributed by atoms with Crippen molar-refractivity contribution in [1.29, 1.82) is 0 Å². The Morgan fingerprint density at radius 1 is 1.25 bits per heavy atom. The SMILES string of the molecule is CCNC(c1ccc(CC)o1)c1cccc(OC)c1F. The highest BCUT2D eigenvalue weighted by atomic mass is 19.1. The molecule has 0 aliphatic heterocycles. The van der Waals surface area contributed by atoms with Crippen LogP contribution in [0.5, 0.6) is 5.75 Å². The highest BCUT2D eigenvalue weighted by Crippen LogP contribution is 2.30. The molecule has 1 heterocycles. The van der Waals surface area contributed by atoms with Crippen molar-refractivity contribution in [2.24, 2.45) is 0 Å². The molecule has 0 amide bonds. The number of nitrogens with one attached hydrogen (secondary N) is 1. The molecule has 0 saturated heterocycles. The third-order valence-electron chi connectivity index (χ3n) is 3.25. The van der Waals surface area contributed by atoms with Crippen LogP contribution in [-0.4, -0.2) is 13.7 Å². The van der Waals surface area contributed by atoms with Crippen molar-refractivity contribution in [3.8, 4) is 5.75 Å². The second kappa shape index (κ2) is 6.57. The fourth-order valence-corrected chi connectivity index (χ4v) is 2.22. The Morgan fingerprint density at radius 3 is 2.65 bits per heavy atom. The molecule has 1 aromatic carbocycles. The molecule has 0 radical (unpaired) electrons. The molecule has 0 bridgehead atoms. The highest BCUT2D eigenvalue weighted by Gasteiger charge is 2.22. The van der Waals surface area contributed by atoms with Crippen molar-refractivity contribution in [3.05, 3.63) is 53.2 Å². The van der Waals surface area contributed by atoms with E-state index in [0.717, 1.165) is 17.9 Å². The summed E-state index contributed by atoms with van der Waals surface area (Å²) >= 11 is 0. The van der Waals surface area contributed by atoms with Gasteiger partial charge in [-0.05, 0) is 24.7 Å². The minimum absolute atomic E-state index is 0.243. The predicted octanol–water partition coefficient (Wildman–Crippen LogP) is 3.69. The first-order chi connectivity index (χ1) is 9.71. The summed E-state index contributed by atoms with van der Waals surface area (Å²) in [5.74, 6) is 1.50. The van der Waals surface area contributed by atoms with Gasteiger partial charge < -0.3 is 14.5 Å². The number of methoxy groups -OCH3 is 1. The first-order valence-corrected chi connectivity index (χ1v) is 6.85. The second-order valence-corrected chi connectivity index (χ2v) is 4.51. The van der Waals surface area contributed by atoms with Gasteiger partial charge in [-0.25, -0.2) is 4.39 Å². The Bertz CT molecular complexity index is 565. The predicted molar refractivity (Wildman–Crippen MR) is 76.6 cm³/mol. The number of benzene rings is 1. The smallest absolute Gasteiger partial charge is 0.170 e. The van der Waals surface area contributed by atoms with Crippen LogP contribution in [0.4, 0.5) is 4.39 Å². The maximum Gasteiger partial charge on any atom is 0.170 e. The van der Waals surface area contributed by atoms with Crippen LogP contribution in [0.1, 0.15) is 37.0 Å². The fourth-order valence-electron chi connectivity index (χ4n) is 2.22. The summed E-state index contributed by atoms with van der Waals surface area (Å²) < 4.78 is 25.2. The Balaban J connectivity index is 2.42. The van der Waals surface area contributed by atoms with E-state index in [0.29, 0.717) is 12.1 Å². The largest absolute Gasteiger partial charge is 0.494 e. The van der Waals surface area contributed by atoms with Gasteiger partial charge in [-0.1, -0.05) is 26.0 Å².